The van der Waals surface area contributed by atoms with Gasteiger partial charge >= 0.3 is 0 Å². The van der Waals surface area contributed by atoms with Gasteiger partial charge < -0.3 is 5.11 Å². The van der Waals surface area contributed by atoms with Crippen LogP contribution in [0.3, 0.4) is 0 Å². The van der Waals surface area contributed by atoms with E-state index >= 15 is 0 Å². The van der Waals surface area contributed by atoms with Gasteiger partial charge in [-0.2, -0.15) is 0 Å². The standard InChI is InChI=1S/C17H14O/c18-9-17-14-10-5-1-3-7-12(10)15(17)16(17)13-8-4-2-6-11(13)14/h1-8,14-16,18H,9H2. The van der Waals surface area contributed by atoms with Gasteiger partial charge in [0.15, 0.2) is 0 Å². The van der Waals surface area contributed by atoms with E-state index in [2.05, 4.69) is 48.5 Å². The Morgan fingerprint density at radius 2 is 1.22 bits per heavy atom. The van der Waals surface area contributed by atoms with Crippen molar-refractivity contribution in [1.82, 2.24) is 0 Å². The molecule has 3 aliphatic rings. The fourth-order valence-electron chi connectivity index (χ4n) is 4.90. The van der Waals surface area contributed by atoms with Crippen LogP contribution in [0, 0.1) is 5.41 Å². The Kier molecular flexibility index (Phi) is 1.40. The van der Waals surface area contributed by atoms with E-state index in [9.17, 15) is 5.11 Å². The summed E-state index contributed by atoms with van der Waals surface area (Å²) in [5.74, 6) is 1.57. The fraction of sp³-hybridized carbons (Fsp3) is 0.294. The van der Waals surface area contributed by atoms with Gasteiger partial charge in [0, 0.05) is 23.2 Å². The molecule has 3 aliphatic carbocycles. The summed E-state index contributed by atoms with van der Waals surface area (Å²) in [4.78, 5) is 0. The van der Waals surface area contributed by atoms with E-state index in [0.717, 1.165) is 0 Å². The fourth-order valence-corrected chi connectivity index (χ4v) is 4.90. The monoisotopic (exact) mass is 234 g/mol. The normalized spacial score (nSPS) is 37.1. The lowest BCUT2D eigenvalue weighted by molar-refractivity contribution is 0.200. The van der Waals surface area contributed by atoms with Crippen LogP contribution in [0.4, 0.5) is 0 Å². The van der Waals surface area contributed by atoms with Crippen LogP contribution in [0.5, 0.6) is 0 Å². The minimum Gasteiger partial charge on any atom is -0.396 e. The highest BCUT2D eigenvalue weighted by atomic mass is 16.3. The quantitative estimate of drug-likeness (QED) is 0.804. The second kappa shape index (κ2) is 2.70. The molecule has 5 rings (SSSR count). The Bertz CT molecular complexity index is 619. The molecule has 1 N–H and O–H groups in total. The van der Waals surface area contributed by atoms with Crippen LogP contribution >= 0.6 is 0 Å². The molecule has 0 spiro atoms. The van der Waals surface area contributed by atoms with Gasteiger partial charge in [-0.3, -0.25) is 0 Å². The summed E-state index contributed by atoms with van der Waals surface area (Å²) >= 11 is 0. The molecule has 0 amide bonds. The molecular weight excluding hydrogens is 220 g/mol. The van der Waals surface area contributed by atoms with Crippen molar-refractivity contribution in [3.63, 3.8) is 0 Å². The molecule has 0 aromatic heterocycles. The summed E-state index contributed by atoms with van der Waals surface area (Å²) in [6.45, 7) is 0.316. The second-order valence-electron chi connectivity index (χ2n) is 5.92. The molecule has 2 unspecified atom stereocenters. The highest BCUT2D eigenvalue weighted by molar-refractivity contribution is 5.67. The minimum absolute atomic E-state index is 0.105. The molecule has 0 heterocycles. The van der Waals surface area contributed by atoms with Crippen LogP contribution in [-0.4, -0.2) is 11.7 Å². The molecule has 0 bridgehead atoms. The maximum Gasteiger partial charge on any atom is 0.0508 e. The average Bonchev–Trinajstić information content (AvgIpc) is 2.93. The van der Waals surface area contributed by atoms with Crippen molar-refractivity contribution in [3.05, 3.63) is 70.8 Å². The summed E-state index contributed by atoms with van der Waals surface area (Å²) in [6, 6.07) is 17.6. The summed E-state index contributed by atoms with van der Waals surface area (Å²) in [6.07, 6.45) is 0. The number of fused-ring (bicyclic) bond motifs is 7. The molecule has 2 atom stereocenters. The maximum atomic E-state index is 9.99. The first-order valence-corrected chi connectivity index (χ1v) is 6.68. The van der Waals surface area contributed by atoms with Gasteiger partial charge in [-0.15, -0.1) is 0 Å². The third kappa shape index (κ3) is 0.733. The number of aliphatic hydroxyl groups excluding tert-OH is 1. The van der Waals surface area contributed by atoms with Crippen LogP contribution in [0.25, 0.3) is 0 Å². The smallest absolute Gasteiger partial charge is 0.0508 e. The molecule has 1 nitrogen and oxygen atoms in total. The third-order valence-corrected chi connectivity index (χ3v) is 5.48. The van der Waals surface area contributed by atoms with E-state index < -0.39 is 0 Å². The van der Waals surface area contributed by atoms with E-state index in [4.69, 9.17) is 0 Å². The summed E-state index contributed by atoms with van der Waals surface area (Å²) in [5, 5.41) is 9.99. The van der Waals surface area contributed by atoms with Crippen LogP contribution in [0.1, 0.15) is 40.0 Å². The topological polar surface area (TPSA) is 20.2 Å². The number of hydrogen-bond donors (Lipinski definition) is 1. The summed E-state index contributed by atoms with van der Waals surface area (Å²) in [7, 11) is 0. The van der Waals surface area contributed by atoms with E-state index in [1.165, 1.54) is 22.3 Å². The van der Waals surface area contributed by atoms with Crippen LogP contribution in [0.15, 0.2) is 48.5 Å². The van der Waals surface area contributed by atoms with Crippen molar-refractivity contribution in [2.24, 2.45) is 5.41 Å². The lowest BCUT2D eigenvalue weighted by Crippen LogP contribution is -2.14. The molecule has 0 radical (unpaired) electrons. The van der Waals surface area contributed by atoms with Crippen molar-refractivity contribution in [1.29, 1.82) is 0 Å². The van der Waals surface area contributed by atoms with Gasteiger partial charge in [-0.1, -0.05) is 48.5 Å². The number of aliphatic hydroxyl groups is 1. The Morgan fingerprint density at radius 3 is 1.67 bits per heavy atom. The first-order valence-electron chi connectivity index (χ1n) is 6.68. The first-order chi connectivity index (χ1) is 8.89. The van der Waals surface area contributed by atoms with E-state index in [1.54, 1.807) is 0 Å². The molecule has 2 aromatic rings. The van der Waals surface area contributed by atoms with Gasteiger partial charge in [-0.25, -0.2) is 0 Å². The maximum absolute atomic E-state index is 9.99. The largest absolute Gasteiger partial charge is 0.396 e. The van der Waals surface area contributed by atoms with Crippen LogP contribution in [-0.2, 0) is 0 Å². The molecule has 2 aromatic carbocycles. The molecule has 1 saturated carbocycles. The van der Waals surface area contributed by atoms with Crippen molar-refractivity contribution in [3.8, 4) is 0 Å². The minimum atomic E-state index is 0.105. The van der Waals surface area contributed by atoms with Gasteiger partial charge in [0.05, 0.1) is 6.61 Å². The van der Waals surface area contributed by atoms with Crippen molar-refractivity contribution in [2.45, 2.75) is 17.8 Å². The second-order valence-corrected chi connectivity index (χ2v) is 5.92. The zero-order valence-corrected chi connectivity index (χ0v) is 10.0. The van der Waals surface area contributed by atoms with E-state index in [-0.39, 0.29) is 5.41 Å². The molecule has 0 saturated heterocycles. The summed E-state index contributed by atoms with van der Waals surface area (Å²) < 4.78 is 0. The highest BCUT2D eigenvalue weighted by Gasteiger charge is 2.77. The SMILES string of the molecule is OCC12C3c4ccccc4C1C2c1ccccc13. The Balaban J connectivity index is 1.86. The Hall–Kier alpha value is -1.60. The number of benzene rings is 2. The van der Waals surface area contributed by atoms with Crippen molar-refractivity contribution >= 4 is 0 Å². The molecule has 1 heteroatoms. The van der Waals surface area contributed by atoms with E-state index in [0.29, 0.717) is 24.4 Å². The zero-order valence-electron chi connectivity index (χ0n) is 10.0. The highest BCUT2D eigenvalue weighted by Crippen LogP contribution is 2.85. The zero-order chi connectivity index (χ0) is 11.9. The number of rotatable bonds is 1. The number of hydrogen-bond acceptors (Lipinski definition) is 1. The summed E-state index contributed by atoms with van der Waals surface area (Å²) in [5.41, 5.74) is 5.99. The first kappa shape index (κ1) is 9.35. The molecule has 18 heavy (non-hydrogen) atoms. The Labute approximate surface area is 106 Å². The molecular formula is C17H14O. The predicted octanol–water partition coefficient (Wildman–Crippen LogP) is 3.01. The van der Waals surface area contributed by atoms with E-state index in [1.807, 2.05) is 0 Å². The third-order valence-electron chi connectivity index (χ3n) is 5.48. The van der Waals surface area contributed by atoms with Crippen LogP contribution < -0.4 is 0 Å². The molecule has 0 aliphatic heterocycles. The Morgan fingerprint density at radius 1 is 0.778 bits per heavy atom. The van der Waals surface area contributed by atoms with Gasteiger partial charge in [0.25, 0.3) is 0 Å². The van der Waals surface area contributed by atoms with Gasteiger partial charge in [0.2, 0.25) is 0 Å². The predicted molar refractivity (Wildman–Crippen MR) is 69.7 cm³/mol. The average molecular weight is 234 g/mol. The van der Waals surface area contributed by atoms with Crippen molar-refractivity contribution in [2.75, 3.05) is 6.61 Å². The molecule has 1 fully saturated rings. The molecule has 88 valence electrons. The van der Waals surface area contributed by atoms with Gasteiger partial charge in [0.1, 0.15) is 0 Å². The lowest BCUT2D eigenvalue weighted by Gasteiger charge is -2.19. The van der Waals surface area contributed by atoms with Crippen molar-refractivity contribution < 1.29 is 5.11 Å². The lowest BCUT2D eigenvalue weighted by atomic mass is 9.85. The van der Waals surface area contributed by atoms with Gasteiger partial charge in [-0.05, 0) is 22.3 Å². The van der Waals surface area contributed by atoms with Crippen LogP contribution in [0.2, 0.25) is 0 Å².